The van der Waals surface area contributed by atoms with E-state index < -0.39 is 34.8 Å². The fourth-order valence-electron chi connectivity index (χ4n) is 6.23. The quantitative estimate of drug-likeness (QED) is 0.774. The van der Waals surface area contributed by atoms with Crippen LogP contribution in [-0.2, 0) is 23.9 Å². The van der Waals surface area contributed by atoms with Crippen LogP contribution in [0.3, 0.4) is 0 Å². The summed E-state index contributed by atoms with van der Waals surface area (Å²) in [6, 6.07) is 1.04. The molecule has 1 saturated heterocycles. The number of carbonyl (C=O) groups excluding carboxylic acids is 3. The highest BCUT2D eigenvalue weighted by Gasteiger charge is 2.66. The molecule has 3 unspecified atom stereocenters. The number of ketones is 1. The number of hydrogen-bond acceptors (Lipinski definition) is 7. The number of hydrogen-bond donors (Lipinski definition) is 1. The minimum Gasteiger partial charge on any atom is -0.472 e. The first-order valence-electron chi connectivity index (χ1n) is 9.82. The Hall–Kier alpha value is -2.15. The number of methoxy groups -OCH3 is 1. The van der Waals surface area contributed by atoms with Gasteiger partial charge in [0.25, 0.3) is 0 Å². The first-order chi connectivity index (χ1) is 13.2. The highest BCUT2D eigenvalue weighted by molar-refractivity contribution is 5.92. The zero-order valence-electron chi connectivity index (χ0n) is 16.5. The van der Waals surface area contributed by atoms with Crippen molar-refractivity contribution in [2.45, 2.75) is 51.7 Å². The number of rotatable bonds is 2. The van der Waals surface area contributed by atoms with E-state index in [2.05, 4.69) is 0 Å². The molecule has 0 spiro atoms. The van der Waals surface area contributed by atoms with Crippen LogP contribution in [0.4, 0.5) is 0 Å². The van der Waals surface area contributed by atoms with E-state index in [1.54, 1.807) is 12.3 Å². The second-order valence-electron chi connectivity index (χ2n) is 9.04. The largest absolute Gasteiger partial charge is 0.472 e. The molecule has 1 aromatic rings. The zero-order valence-corrected chi connectivity index (χ0v) is 16.5. The number of esters is 2. The predicted octanol–water partition coefficient (Wildman–Crippen LogP) is 2.40. The topological polar surface area (TPSA) is 109 Å². The van der Waals surface area contributed by atoms with Gasteiger partial charge in [0.2, 0.25) is 0 Å². The van der Waals surface area contributed by atoms with E-state index in [1.165, 1.54) is 13.4 Å². The molecule has 3 aliphatic rings. The second-order valence-corrected chi connectivity index (χ2v) is 9.04. The van der Waals surface area contributed by atoms with Gasteiger partial charge < -0.3 is 19.6 Å². The third-order valence-electron chi connectivity index (χ3n) is 7.59. The van der Waals surface area contributed by atoms with Crippen molar-refractivity contribution in [3.8, 4) is 0 Å². The van der Waals surface area contributed by atoms with Gasteiger partial charge in [0, 0.05) is 11.5 Å². The summed E-state index contributed by atoms with van der Waals surface area (Å²) in [5.41, 5.74) is 5.72. The highest BCUT2D eigenvalue weighted by Crippen LogP contribution is 2.64. The molecule has 0 aromatic carbocycles. The third kappa shape index (κ3) is 2.55. The predicted molar refractivity (Wildman–Crippen MR) is 97.7 cm³/mol. The van der Waals surface area contributed by atoms with Crippen LogP contribution in [0.2, 0.25) is 0 Å². The number of Topliss-reactive ketones (excluding diaryl/α,β-unsaturated/α-hetero) is 1. The Morgan fingerprint density at radius 3 is 2.68 bits per heavy atom. The van der Waals surface area contributed by atoms with Gasteiger partial charge in [-0.05, 0) is 42.6 Å². The molecule has 0 radical (unpaired) electrons. The van der Waals surface area contributed by atoms with E-state index in [9.17, 15) is 14.4 Å². The molecule has 3 fully saturated rings. The van der Waals surface area contributed by atoms with Gasteiger partial charge in [0.15, 0.2) is 5.78 Å². The molecule has 2 N–H and O–H groups in total. The lowest BCUT2D eigenvalue weighted by Crippen LogP contribution is -2.65. The molecule has 2 heterocycles. The van der Waals surface area contributed by atoms with Crippen LogP contribution < -0.4 is 5.73 Å². The second kappa shape index (κ2) is 6.44. The molecule has 7 nitrogen and oxygen atoms in total. The summed E-state index contributed by atoms with van der Waals surface area (Å²) in [6.45, 7) is 3.97. The SMILES string of the molecule is COC(=O)[C@@H]1C[C@@H](N)C(=O)C2C3(C)C[C@@H](c4ccoc4)OC(=O)C3CC[C@]21C. The molecule has 0 amide bonds. The molecule has 0 bridgehead atoms. The molecule has 28 heavy (non-hydrogen) atoms. The number of furan rings is 1. The lowest BCUT2D eigenvalue weighted by atomic mass is 9.43. The Bertz CT molecular complexity index is 804. The van der Waals surface area contributed by atoms with E-state index in [-0.39, 0.29) is 30.1 Å². The number of nitrogens with two attached hydrogens (primary N) is 1. The van der Waals surface area contributed by atoms with Crippen molar-refractivity contribution in [1.29, 1.82) is 0 Å². The van der Waals surface area contributed by atoms with Crippen molar-refractivity contribution in [3.63, 3.8) is 0 Å². The summed E-state index contributed by atoms with van der Waals surface area (Å²) in [4.78, 5) is 38.8. The van der Waals surface area contributed by atoms with Crippen LogP contribution in [0.1, 0.15) is 51.2 Å². The molecule has 2 saturated carbocycles. The van der Waals surface area contributed by atoms with Crippen molar-refractivity contribution in [3.05, 3.63) is 24.2 Å². The Morgan fingerprint density at radius 1 is 1.29 bits per heavy atom. The van der Waals surface area contributed by atoms with Crippen molar-refractivity contribution in [2.24, 2.45) is 34.3 Å². The number of carbonyl (C=O) groups is 3. The summed E-state index contributed by atoms with van der Waals surface area (Å²) < 4.78 is 15.9. The molecule has 152 valence electrons. The van der Waals surface area contributed by atoms with Crippen LogP contribution in [0.5, 0.6) is 0 Å². The maximum Gasteiger partial charge on any atom is 0.310 e. The smallest absolute Gasteiger partial charge is 0.310 e. The van der Waals surface area contributed by atoms with Crippen LogP contribution in [-0.4, -0.2) is 30.9 Å². The van der Waals surface area contributed by atoms with E-state index >= 15 is 0 Å². The summed E-state index contributed by atoms with van der Waals surface area (Å²) in [5, 5.41) is 0. The minimum atomic E-state index is -0.733. The summed E-state index contributed by atoms with van der Waals surface area (Å²) in [6.07, 6.45) is 4.58. The summed E-state index contributed by atoms with van der Waals surface area (Å²) >= 11 is 0. The van der Waals surface area contributed by atoms with Crippen LogP contribution in [0.25, 0.3) is 0 Å². The van der Waals surface area contributed by atoms with Crippen LogP contribution >= 0.6 is 0 Å². The van der Waals surface area contributed by atoms with Gasteiger partial charge in [-0.25, -0.2) is 0 Å². The lowest BCUT2D eigenvalue weighted by Gasteiger charge is -2.61. The first kappa shape index (κ1) is 19.2. The molecule has 7 atom stereocenters. The normalized spacial score (nSPS) is 42.9. The van der Waals surface area contributed by atoms with Gasteiger partial charge in [0.05, 0.1) is 37.5 Å². The zero-order chi connectivity index (χ0) is 20.3. The maximum atomic E-state index is 13.3. The molecular formula is C21H27NO6. The Kier molecular flexibility index (Phi) is 4.41. The van der Waals surface area contributed by atoms with Crippen LogP contribution in [0, 0.1) is 28.6 Å². The van der Waals surface area contributed by atoms with Gasteiger partial charge in [-0.3, -0.25) is 14.4 Å². The third-order valence-corrected chi connectivity index (χ3v) is 7.59. The average Bonchev–Trinajstić information content (AvgIpc) is 3.18. The number of cyclic esters (lactones) is 1. The lowest BCUT2D eigenvalue weighted by molar-refractivity contribution is -0.203. The van der Waals surface area contributed by atoms with Gasteiger partial charge in [-0.2, -0.15) is 0 Å². The Balaban J connectivity index is 1.79. The Morgan fingerprint density at radius 2 is 2.04 bits per heavy atom. The van der Waals surface area contributed by atoms with E-state index in [4.69, 9.17) is 19.6 Å². The first-order valence-corrected chi connectivity index (χ1v) is 9.82. The number of ether oxygens (including phenoxy) is 2. The molecule has 1 aliphatic heterocycles. The number of fused-ring (bicyclic) bond motifs is 3. The monoisotopic (exact) mass is 389 g/mol. The van der Waals surface area contributed by atoms with Gasteiger partial charge in [0.1, 0.15) is 6.10 Å². The van der Waals surface area contributed by atoms with E-state index in [0.717, 1.165) is 5.56 Å². The molecule has 2 aliphatic carbocycles. The van der Waals surface area contributed by atoms with Crippen LogP contribution in [0.15, 0.2) is 23.0 Å². The molecular weight excluding hydrogens is 362 g/mol. The fourth-order valence-corrected chi connectivity index (χ4v) is 6.23. The fraction of sp³-hybridized carbons (Fsp3) is 0.667. The van der Waals surface area contributed by atoms with Gasteiger partial charge >= 0.3 is 11.9 Å². The maximum absolute atomic E-state index is 13.3. The summed E-state index contributed by atoms with van der Waals surface area (Å²) in [5.74, 6) is -2.03. The van der Waals surface area contributed by atoms with Crippen molar-refractivity contribution < 1.29 is 28.3 Å². The molecule has 4 rings (SSSR count). The van der Waals surface area contributed by atoms with Crippen molar-refractivity contribution in [1.82, 2.24) is 0 Å². The van der Waals surface area contributed by atoms with Gasteiger partial charge in [-0.1, -0.05) is 13.8 Å². The highest BCUT2D eigenvalue weighted by atomic mass is 16.5. The van der Waals surface area contributed by atoms with Crippen molar-refractivity contribution in [2.75, 3.05) is 7.11 Å². The standard InChI is InChI=1S/C21H27NO6/c1-20-6-4-12-19(25)28-15(11-5-7-27-10-11)9-21(12,2)17(20)16(23)14(22)8-13(20)18(24)26-3/h5,7,10,12-15,17H,4,6,8-9,22H2,1-3H3/t12?,13-,14+,15-,17?,20-,21?/m0/s1. The summed E-state index contributed by atoms with van der Waals surface area (Å²) in [7, 11) is 1.36. The Labute approximate surface area is 163 Å². The van der Waals surface area contributed by atoms with E-state index in [0.29, 0.717) is 19.3 Å². The molecule has 7 heteroatoms. The minimum absolute atomic E-state index is 0.0597. The average molecular weight is 389 g/mol. The molecule has 1 aromatic heterocycles. The van der Waals surface area contributed by atoms with Crippen molar-refractivity contribution >= 4 is 17.7 Å². The van der Waals surface area contributed by atoms with E-state index in [1.807, 2.05) is 13.8 Å². The van der Waals surface area contributed by atoms with Gasteiger partial charge in [-0.15, -0.1) is 0 Å².